The minimum Gasteiger partial charge on any atom is -0.313 e. The lowest BCUT2D eigenvalue weighted by molar-refractivity contribution is 0.383. The highest BCUT2D eigenvalue weighted by molar-refractivity contribution is 7.89. The van der Waals surface area contributed by atoms with Gasteiger partial charge in [0.05, 0.1) is 4.90 Å². The van der Waals surface area contributed by atoms with E-state index in [4.69, 9.17) is 11.6 Å². The Kier molecular flexibility index (Phi) is 6.87. The van der Waals surface area contributed by atoms with Gasteiger partial charge in [-0.05, 0) is 44.2 Å². The maximum Gasteiger partial charge on any atom is 0.243 e. The Balaban J connectivity index is 3.21. The summed E-state index contributed by atoms with van der Waals surface area (Å²) in [6.45, 7) is 10.9. The zero-order chi connectivity index (χ0) is 16.0. The average molecular weight is 331 g/mol. The average Bonchev–Trinajstić information content (AvgIpc) is 2.43. The summed E-state index contributed by atoms with van der Waals surface area (Å²) in [5.74, 6) is 0. The number of halogens is 1. The van der Waals surface area contributed by atoms with Crippen molar-refractivity contribution in [2.75, 3.05) is 13.1 Å². The summed E-state index contributed by atoms with van der Waals surface area (Å²) in [7, 11) is -3.55. The van der Waals surface area contributed by atoms with E-state index in [0.29, 0.717) is 11.6 Å². The van der Waals surface area contributed by atoms with Gasteiger partial charge in [0, 0.05) is 24.2 Å². The van der Waals surface area contributed by atoms with Crippen LogP contribution in [0.15, 0.2) is 35.7 Å². The lowest BCUT2D eigenvalue weighted by Gasteiger charge is -2.25. The second-order valence-corrected chi connectivity index (χ2v) is 7.29. The Morgan fingerprint density at radius 3 is 2.62 bits per heavy atom. The lowest BCUT2D eigenvalue weighted by atomic mass is 10.2. The van der Waals surface area contributed by atoms with E-state index in [1.807, 2.05) is 20.8 Å². The summed E-state index contributed by atoms with van der Waals surface area (Å²) >= 11 is 6.12. The molecule has 0 heterocycles. The number of nitrogens with zero attached hydrogens (tertiary/aromatic N) is 1. The SMILES string of the molecule is C=CCN(C(C)C)S(=O)(=O)c1ccc(Cl)c(CNCC)c1. The first-order chi connectivity index (χ1) is 9.84. The highest BCUT2D eigenvalue weighted by Gasteiger charge is 2.26. The van der Waals surface area contributed by atoms with Crippen LogP contribution in [-0.2, 0) is 16.6 Å². The first-order valence-corrected chi connectivity index (χ1v) is 8.78. The van der Waals surface area contributed by atoms with Gasteiger partial charge in [-0.15, -0.1) is 6.58 Å². The largest absolute Gasteiger partial charge is 0.313 e. The molecule has 0 aliphatic carbocycles. The molecule has 1 aromatic carbocycles. The van der Waals surface area contributed by atoms with Gasteiger partial charge in [-0.2, -0.15) is 4.31 Å². The van der Waals surface area contributed by atoms with E-state index in [9.17, 15) is 8.42 Å². The molecule has 0 unspecified atom stereocenters. The molecule has 21 heavy (non-hydrogen) atoms. The predicted octanol–water partition coefficient (Wildman–Crippen LogP) is 3.03. The summed E-state index contributed by atoms with van der Waals surface area (Å²) in [6, 6.07) is 4.68. The monoisotopic (exact) mass is 330 g/mol. The van der Waals surface area contributed by atoms with Crippen molar-refractivity contribution < 1.29 is 8.42 Å². The summed E-state index contributed by atoms with van der Waals surface area (Å²) in [4.78, 5) is 0.260. The van der Waals surface area contributed by atoms with Crippen molar-refractivity contribution in [2.24, 2.45) is 0 Å². The van der Waals surface area contributed by atoms with Crippen LogP contribution < -0.4 is 5.32 Å². The molecule has 6 heteroatoms. The summed E-state index contributed by atoms with van der Waals surface area (Å²) in [6.07, 6.45) is 1.59. The molecule has 0 aromatic heterocycles. The van der Waals surface area contributed by atoms with Gasteiger partial charge < -0.3 is 5.32 Å². The predicted molar refractivity (Wildman–Crippen MR) is 88.1 cm³/mol. The Morgan fingerprint density at radius 2 is 2.10 bits per heavy atom. The molecule has 0 amide bonds. The lowest BCUT2D eigenvalue weighted by Crippen LogP contribution is -2.37. The minimum atomic E-state index is -3.55. The van der Waals surface area contributed by atoms with Crippen LogP contribution in [0, 0.1) is 0 Å². The van der Waals surface area contributed by atoms with Crippen LogP contribution in [0.2, 0.25) is 5.02 Å². The van der Waals surface area contributed by atoms with Crippen molar-refractivity contribution in [1.29, 1.82) is 0 Å². The van der Waals surface area contributed by atoms with Gasteiger partial charge in [-0.1, -0.05) is 24.6 Å². The van der Waals surface area contributed by atoms with Crippen molar-refractivity contribution in [3.8, 4) is 0 Å². The van der Waals surface area contributed by atoms with Gasteiger partial charge in [0.2, 0.25) is 10.0 Å². The number of benzene rings is 1. The molecular weight excluding hydrogens is 308 g/mol. The highest BCUT2D eigenvalue weighted by atomic mass is 35.5. The number of hydrogen-bond acceptors (Lipinski definition) is 3. The molecule has 0 saturated heterocycles. The Bertz CT molecular complexity index is 585. The summed E-state index contributed by atoms with van der Waals surface area (Å²) in [5, 5.41) is 3.72. The van der Waals surface area contributed by atoms with Crippen molar-refractivity contribution >= 4 is 21.6 Å². The molecule has 4 nitrogen and oxygen atoms in total. The molecule has 0 aliphatic heterocycles. The molecule has 0 saturated carbocycles. The Morgan fingerprint density at radius 1 is 1.43 bits per heavy atom. The molecule has 118 valence electrons. The van der Waals surface area contributed by atoms with Gasteiger partial charge in [-0.3, -0.25) is 0 Å². The first-order valence-electron chi connectivity index (χ1n) is 6.96. The maximum absolute atomic E-state index is 12.7. The van der Waals surface area contributed by atoms with E-state index in [1.54, 1.807) is 24.3 Å². The van der Waals surface area contributed by atoms with Gasteiger partial charge >= 0.3 is 0 Å². The van der Waals surface area contributed by atoms with Crippen molar-refractivity contribution in [1.82, 2.24) is 9.62 Å². The molecule has 0 bridgehead atoms. The van der Waals surface area contributed by atoms with Crippen LogP contribution >= 0.6 is 11.6 Å². The smallest absolute Gasteiger partial charge is 0.243 e. The summed E-state index contributed by atoms with van der Waals surface area (Å²) in [5.41, 5.74) is 0.780. The van der Waals surface area contributed by atoms with E-state index in [-0.39, 0.29) is 17.5 Å². The third-order valence-electron chi connectivity index (χ3n) is 3.07. The molecule has 0 aliphatic rings. The van der Waals surface area contributed by atoms with Crippen molar-refractivity contribution in [3.05, 3.63) is 41.4 Å². The topological polar surface area (TPSA) is 49.4 Å². The fraction of sp³-hybridized carbons (Fsp3) is 0.467. The number of hydrogen-bond donors (Lipinski definition) is 1. The summed E-state index contributed by atoms with van der Waals surface area (Å²) < 4.78 is 26.8. The van der Waals surface area contributed by atoms with Crippen LogP contribution in [0.3, 0.4) is 0 Å². The van der Waals surface area contributed by atoms with Crippen LogP contribution in [0.25, 0.3) is 0 Å². The molecule has 1 rings (SSSR count). The van der Waals surface area contributed by atoms with Gasteiger partial charge in [-0.25, -0.2) is 8.42 Å². The van der Waals surface area contributed by atoms with Crippen LogP contribution in [0.1, 0.15) is 26.3 Å². The molecule has 0 fully saturated rings. The maximum atomic E-state index is 12.7. The van der Waals surface area contributed by atoms with E-state index in [0.717, 1.165) is 12.1 Å². The molecule has 0 spiro atoms. The van der Waals surface area contributed by atoms with Crippen LogP contribution in [-0.4, -0.2) is 31.9 Å². The molecule has 0 atom stereocenters. The molecule has 1 N–H and O–H groups in total. The number of nitrogens with one attached hydrogen (secondary N) is 1. The van der Waals surface area contributed by atoms with E-state index < -0.39 is 10.0 Å². The molecular formula is C15H23ClN2O2S. The quantitative estimate of drug-likeness (QED) is 0.745. The highest BCUT2D eigenvalue weighted by Crippen LogP contribution is 2.24. The fourth-order valence-electron chi connectivity index (χ4n) is 1.96. The Hall–Kier alpha value is -0.880. The zero-order valence-electron chi connectivity index (χ0n) is 12.8. The van der Waals surface area contributed by atoms with E-state index >= 15 is 0 Å². The van der Waals surface area contributed by atoms with E-state index in [2.05, 4.69) is 11.9 Å². The van der Waals surface area contributed by atoms with Crippen LogP contribution in [0.4, 0.5) is 0 Å². The van der Waals surface area contributed by atoms with Gasteiger partial charge in [0.1, 0.15) is 0 Å². The number of rotatable bonds is 8. The van der Waals surface area contributed by atoms with Crippen molar-refractivity contribution in [2.45, 2.75) is 38.3 Å². The van der Waals surface area contributed by atoms with E-state index in [1.165, 1.54) is 4.31 Å². The second kappa shape index (κ2) is 7.94. The minimum absolute atomic E-state index is 0.138. The number of sulfonamides is 1. The molecule has 1 aromatic rings. The van der Waals surface area contributed by atoms with Gasteiger partial charge in [0.25, 0.3) is 0 Å². The standard InChI is InChI=1S/C15H23ClN2O2S/c1-5-9-18(12(3)4)21(19,20)14-7-8-15(16)13(10-14)11-17-6-2/h5,7-8,10,12,17H,1,6,9,11H2,2-4H3. The third-order valence-corrected chi connectivity index (χ3v) is 5.48. The second-order valence-electron chi connectivity index (χ2n) is 4.99. The third kappa shape index (κ3) is 4.54. The fourth-order valence-corrected chi connectivity index (χ4v) is 3.80. The Labute approximate surface area is 132 Å². The van der Waals surface area contributed by atoms with Crippen molar-refractivity contribution in [3.63, 3.8) is 0 Å². The first kappa shape index (κ1) is 18.2. The van der Waals surface area contributed by atoms with Crippen LogP contribution in [0.5, 0.6) is 0 Å². The normalized spacial score (nSPS) is 12.1. The zero-order valence-corrected chi connectivity index (χ0v) is 14.3. The van der Waals surface area contributed by atoms with Gasteiger partial charge in [0.15, 0.2) is 0 Å². The molecule has 0 radical (unpaired) electrons.